The van der Waals surface area contributed by atoms with Gasteiger partial charge in [-0.3, -0.25) is 0 Å². The van der Waals surface area contributed by atoms with Gasteiger partial charge < -0.3 is 9.15 Å². The van der Waals surface area contributed by atoms with Crippen molar-refractivity contribution in [2.75, 3.05) is 6.61 Å². The fourth-order valence-electron chi connectivity index (χ4n) is 1.38. The second-order valence-electron chi connectivity index (χ2n) is 3.39. The summed E-state index contributed by atoms with van der Waals surface area (Å²) in [6.45, 7) is 3.77. The highest BCUT2D eigenvalue weighted by Gasteiger charge is 2.21. The predicted molar refractivity (Wildman–Crippen MR) is 75.9 cm³/mol. The molecular formula is C11H9Br2NO3S. The Kier molecular flexibility index (Phi) is 4.24. The Morgan fingerprint density at radius 2 is 2.28 bits per heavy atom. The number of aryl methyl sites for hydroxylation is 1. The molecule has 0 unspecified atom stereocenters. The number of ether oxygens (including phenoxy) is 1. The van der Waals surface area contributed by atoms with E-state index in [0.29, 0.717) is 18.2 Å². The number of halogens is 2. The molecule has 0 spiro atoms. The number of nitrogens with zero attached hydrogens (tertiary/aromatic N) is 1. The zero-order valence-corrected chi connectivity index (χ0v) is 13.6. The number of rotatable bonds is 3. The molecule has 0 atom stereocenters. The van der Waals surface area contributed by atoms with E-state index in [1.54, 1.807) is 13.8 Å². The zero-order chi connectivity index (χ0) is 13.3. The van der Waals surface area contributed by atoms with Gasteiger partial charge in [0, 0.05) is 0 Å². The van der Waals surface area contributed by atoms with Crippen LogP contribution in [0.1, 0.15) is 23.2 Å². The van der Waals surface area contributed by atoms with E-state index in [1.165, 1.54) is 11.3 Å². The van der Waals surface area contributed by atoms with Gasteiger partial charge in [0.1, 0.15) is 0 Å². The van der Waals surface area contributed by atoms with E-state index >= 15 is 0 Å². The van der Waals surface area contributed by atoms with Crippen LogP contribution < -0.4 is 0 Å². The molecule has 18 heavy (non-hydrogen) atoms. The second-order valence-corrected chi connectivity index (χ2v) is 7.14. The molecule has 0 saturated carbocycles. The Hall–Kier alpha value is -0.660. The summed E-state index contributed by atoms with van der Waals surface area (Å²) in [4.78, 5) is 15.9. The number of carbonyl (C=O) groups is 1. The molecule has 2 rings (SSSR count). The van der Waals surface area contributed by atoms with E-state index in [1.807, 2.05) is 6.07 Å². The summed E-state index contributed by atoms with van der Waals surface area (Å²) in [5, 5.41) is 0. The second kappa shape index (κ2) is 5.54. The first-order valence-electron chi connectivity index (χ1n) is 5.12. The molecule has 4 nitrogen and oxygen atoms in total. The number of carbonyl (C=O) groups excluding carboxylic acids is 1. The Labute approximate surface area is 125 Å². The van der Waals surface area contributed by atoms with Gasteiger partial charge in [0.15, 0.2) is 0 Å². The summed E-state index contributed by atoms with van der Waals surface area (Å²) in [6.07, 6.45) is 0. The lowest BCUT2D eigenvalue weighted by Gasteiger charge is -1.97. The van der Waals surface area contributed by atoms with Gasteiger partial charge in [-0.1, -0.05) is 0 Å². The Balaban J connectivity index is 2.40. The number of hydrogen-bond donors (Lipinski definition) is 0. The van der Waals surface area contributed by atoms with Crippen molar-refractivity contribution in [3.8, 4) is 11.5 Å². The fraction of sp³-hybridized carbons (Fsp3) is 0.273. The Morgan fingerprint density at radius 1 is 1.56 bits per heavy atom. The van der Waals surface area contributed by atoms with Crippen molar-refractivity contribution >= 4 is 49.2 Å². The number of oxazole rings is 1. The lowest BCUT2D eigenvalue weighted by atomic mass is 10.3. The molecule has 0 amide bonds. The van der Waals surface area contributed by atoms with Crippen LogP contribution in [0.15, 0.2) is 18.1 Å². The molecule has 2 aromatic rings. The van der Waals surface area contributed by atoms with Crippen molar-refractivity contribution in [1.29, 1.82) is 0 Å². The van der Waals surface area contributed by atoms with Gasteiger partial charge in [-0.25, -0.2) is 9.78 Å². The van der Waals surface area contributed by atoms with E-state index in [9.17, 15) is 4.79 Å². The quantitative estimate of drug-likeness (QED) is 0.723. The van der Waals surface area contributed by atoms with Crippen molar-refractivity contribution in [1.82, 2.24) is 4.98 Å². The summed E-state index contributed by atoms with van der Waals surface area (Å²) in [6, 6.07) is 1.88. The largest absolute Gasteiger partial charge is 0.460 e. The summed E-state index contributed by atoms with van der Waals surface area (Å²) in [5.41, 5.74) is 1.34. The number of thiophene rings is 1. The van der Waals surface area contributed by atoms with Crippen molar-refractivity contribution in [2.45, 2.75) is 13.8 Å². The van der Waals surface area contributed by atoms with Crippen LogP contribution in [0.3, 0.4) is 0 Å². The van der Waals surface area contributed by atoms with Crippen molar-refractivity contribution in [2.24, 2.45) is 0 Å². The highest BCUT2D eigenvalue weighted by Crippen LogP contribution is 2.38. The van der Waals surface area contributed by atoms with Crippen LogP contribution in [-0.2, 0) is 4.74 Å². The molecule has 0 radical (unpaired) electrons. The molecule has 96 valence electrons. The summed E-state index contributed by atoms with van der Waals surface area (Å²) in [7, 11) is 0. The minimum Gasteiger partial charge on any atom is -0.460 e. The molecule has 0 aliphatic rings. The smallest absolute Gasteiger partial charge is 0.376 e. The van der Waals surface area contributed by atoms with Crippen molar-refractivity contribution in [3.05, 3.63) is 25.1 Å². The van der Waals surface area contributed by atoms with Crippen LogP contribution in [0.2, 0.25) is 0 Å². The van der Waals surface area contributed by atoms with E-state index in [4.69, 9.17) is 9.15 Å². The van der Waals surface area contributed by atoms with Gasteiger partial charge in [-0.15, -0.1) is 11.3 Å². The molecule has 7 heteroatoms. The van der Waals surface area contributed by atoms with Gasteiger partial charge in [0.2, 0.25) is 11.7 Å². The number of esters is 1. The first-order chi connectivity index (χ1) is 8.52. The molecule has 2 heterocycles. The maximum atomic E-state index is 11.6. The van der Waals surface area contributed by atoms with Crippen LogP contribution in [-0.4, -0.2) is 17.6 Å². The van der Waals surface area contributed by atoms with Gasteiger partial charge in [-0.2, -0.15) is 0 Å². The van der Waals surface area contributed by atoms with Gasteiger partial charge >= 0.3 is 5.97 Å². The molecule has 0 bridgehead atoms. The highest BCUT2D eigenvalue weighted by molar-refractivity contribution is 9.12. The fourth-order valence-corrected chi connectivity index (χ4v) is 4.16. The first-order valence-corrected chi connectivity index (χ1v) is 7.53. The summed E-state index contributed by atoms with van der Waals surface area (Å²) < 4.78 is 12.2. The normalized spacial score (nSPS) is 10.7. The topological polar surface area (TPSA) is 52.3 Å². The van der Waals surface area contributed by atoms with E-state index in [2.05, 4.69) is 36.8 Å². The van der Waals surface area contributed by atoms with Gasteiger partial charge in [0.25, 0.3) is 0 Å². The molecule has 0 saturated heterocycles. The minimum atomic E-state index is -0.487. The molecule has 0 aliphatic carbocycles. The van der Waals surface area contributed by atoms with Crippen LogP contribution in [0.5, 0.6) is 0 Å². The minimum absolute atomic E-state index is 0.154. The third kappa shape index (κ3) is 2.67. The van der Waals surface area contributed by atoms with Crippen LogP contribution in [0.4, 0.5) is 0 Å². The first kappa shape index (κ1) is 13.8. The molecule has 2 aromatic heterocycles. The van der Waals surface area contributed by atoms with Crippen LogP contribution in [0, 0.1) is 6.92 Å². The summed E-state index contributed by atoms with van der Waals surface area (Å²) >= 11 is 8.33. The lowest BCUT2D eigenvalue weighted by molar-refractivity contribution is 0.0490. The van der Waals surface area contributed by atoms with E-state index in [-0.39, 0.29) is 5.76 Å². The third-order valence-corrected chi connectivity index (χ3v) is 4.48. The molecule has 0 fully saturated rings. The Morgan fingerprint density at radius 3 is 2.83 bits per heavy atom. The average molecular weight is 395 g/mol. The predicted octanol–water partition coefficient (Wildman–Crippen LogP) is 4.41. The summed E-state index contributed by atoms with van der Waals surface area (Å²) in [5.74, 6) is 0.0737. The standard InChI is InChI=1S/C11H9Br2NO3S/c1-3-16-11(15)8-5(2)14-10(17-8)6-4-7(12)18-9(6)13/h4H,3H2,1-2H3. The lowest BCUT2D eigenvalue weighted by Crippen LogP contribution is -2.04. The Bertz CT molecular complexity index is 591. The highest BCUT2D eigenvalue weighted by atomic mass is 79.9. The van der Waals surface area contributed by atoms with Crippen LogP contribution >= 0.6 is 43.2 Å². The molecule has 0 aromatic carbocycles. The third-order valence-electron chi connectivity index (χ3n) is 2.14. The van der Waals surface area contributed by atoms with E-state index in [0.717, 1.165) is 13.1 Å². The van der Waals surface area contributed by atoms with E-state index < -0.39 is 5.97 Å². The average Bonchev–Trinajstić information content (AvgIpc) is 2.82. The van der Waals surface area contributed by atoms with Crippen molar-refractivity contribution < 1.29 is 13.9 Å². The van der Waals surface area contributed by atoms with Gasteiger partial charge in [-0.05, 0) is 51.8 Å². The zero-order valence-electron chi connectivity index (χ0n) is 9.62. The molecule has 0 aliphatic heterocycles. The number of aromatic nitrogens is 1. The number of hydrogen-bond acceptors (Lipinski definition) is 5. The molecular weight excluding hydrogens is 386 g/mol. The van der Waals surface area contributed by atoms with Crippen LogP contribution in [0.25, 0.3) is 11.5 Å². The maximum Gasteiger partial charge on any atom is 0.376 e. The monoisotopic (exact) mass is 393 g/mol. The van der Waals surface area contributed by atoms with Crippen molar-refractivity contribution in [3.63, 3.8) is 0 Å². The SMILES string of the molecule is CCOC(=O)c1oc(-c2cc(Br)sc2Br)nc1C. The molecule has 0 N–H and O–H groups in total. The van der Waals surface area contributed by atoms with Gasteiger partial charge in [0.05, 0.1) is 25.4 Å². The maximum absolute atomic E-state index is 11.6.